The first kappa shape index (κ1) is 19.9. The maximum Gasteiger partial charge on any atom is 0.251 e. The Morgan fingerprint density at radius 2 is 1.96 bits per heavy atom. The average Bonchev–Trinajstić information content (AvgIpc) is 3.02. The van der Waals surface area contributed by atoms with Crippen LogP contribution in [0.2, 0.25) is 0 Å². The molecule has 1 heterocycles. The lowest BCUT2D eigenvalue weighted by Gasteiger charge is -2.09. The van der Waals surface area contributed by atoms with Gasteiger partial charge in [0.05, 0.1) is 11.0 Å². The summed E-state index contributed by atoms with van der Waals surface area (Å²) in [6.45, 7) is 9.37. The first-order valence-corrected chi connectivity index (χ1v) is 10.0. The van der Waals surface area contributed by atoms with E-state index >= 15 is 0 Å². The molecule has 146 valence electrons. The van der Waals surface area contributed by atoms with Crippen molar-refractivity contribution < 1.29 is 4.79 Å². The molecule has 28 heavy (non-hydrogen) atoms. The number of rotatable bonds is 9. The summed E-state index contributed by atoms with van der Waals surface area (Å²) in [5, 5.41) is 3.04. The molecule has 0 fully saturated rings. The molecule has 0 aliphatic carbocycles. The molecule has 1 aromatic heterocycles. The maximum atomic E-state index is 12.3. The minimum absolute atomic E-state index is 0.0188. The number of nitrogens with one attached hydrogen (secondary N) is 1. The third-order valence-electron chi connectivity index (χ3n) is 5.03. The maximum absolute atomic E-state index is 12.3. The third kappa shape index (κ3) is 4.69. The van der Waals surface area contributed by atoms with E-state index in [1.54, 1.807) is 0 Å². The number of nitrogens with zero attached hydrogens (tertiary/aromatic N) is 2. The lowest BCUT2D eigenvalue weighted by Crippen LogP contribution is -2.25. The van der Waals surface area contributed by atoms with Crippen LogP contribution in [-0.2, 0) is 13.0 Å². The van der Waals surface area contributed by atoms with E-state index in [2.05, 4.69) is 28.6 Å². The van der Waals surface area contributed by atoms with Gasteiger partial charge in [-0.2, -0.15) is 0 Å². The second kappa shape index (κ2) is 9.36. The molecule has 0 atom stereocenters. The highest BCUT2D eigenvalue weighted by Gasteiger charge is 2.10. The van der Waals surface area contributed by atoms with E-state index in [9.17, 15) is 4.79 Å². The van der Waals surface area contributed by atoms with Gasteiger partial charge < -0.3 is 9.88 Å². The molecule has 4 nitrogen and oxygen atoms in total. The van der Waals surface area contributed by atoms with Gasteiger partial charge in [-0.25, -0.2) is 4.98 Å². The van der Waals surface area contributed by atoms with Gasteiger partial charge in [0.15, 0.2) is 0 Å². The van der Waals surface area contributed by atoms with Gasteiger partial charge >= 0.3 is 0 Å². The Bertz CT molecular complexity index is 971. The number of aryl methyl sites for hydroxylation is 3. The Morgan fingerprint density at radius 3 is 2.75 bits per heavy atom. The fourth-order valence-electron chi connectivity index (χ4n) is 3.60. The number of imidazole rings is 1. The number of hydrogen-bond acceptors (Lipinski definition) is 2. The van der Waals surface area contributed by atoms with Crippen molar-refractivity contribution in [2.45, 2.75) is 46.1 Å². The molecule has 2 aromatic carbocycles. The summed E-state index contributed by atoms with van der Waals surface area (Å²) in [4.78, 5) is 17.1. The molecule has 0 unspecified atom stereocenters. The second-order valence-electron chi connectivity index (χ2n) is 7.30. The zero-order valence-electron chi connectivity index (χ0n) is 16.9. The van der Waals surface area contributed by atoms with E-state index in [0.717, 1.165) is 60.2 Å². The van der Waals surface area contributed by atoms with Crippen LogP contribution in [0.1, 0.15) is 46.6 Å². The summed E-state index contributed by atoms with van der Waals surface area (Å²) in [6.07, 6.45) is 5.94. The van der Waals surface area contributed by atoms with Crippen LogP contribution in [0.25, 0.3) is 11.0 Å². The van der Waals surface area contributed by atoms with Crippen LogP contribution < -0.4 is 5.32 Å². The molecule has 0 aliphatic heterocycles. The van der Waals surface area contributed by atoms with Gasteiger partial charge in [-0.05, 0) is 50.5 Å². The van der Waals surface area contributed by atoms with E-state index in [0.29, 0.717) is 6.54 Å². The lowest BCUT2D eigenvalue weighted by atomic mass is 10.1. The predicted molar refractivity (Wildman–Crippen MR) is 116 cm³/mol. The Kier molecular flexibility index (Phi) is 6.64. The monoisotopic (exact) mass is 375 g/mol. The predicted octanol–water partition coefficient (Wildman–Crippen LogP) is 4.98. The van der Waals surface area contributed by atoms with E-state index in [4.69, 9.17) is 4.98 Å². The van der Waals surface area contributed by atoms with Crippen molar-refractivity contribution in [3.8, 4) is 0 Å². The molecular weight excluding hydrogens is 346 g/mol. The number of benzene rings is 2. The number of para-hydroxylation sites is 2. The number of unbranched alkanes of at least 4 members (excludes halogenated alkanes) is 2. The van der Waals surface area contributed by atoms with E-state index in [1.807, 2.05) is 50.3 Å². The van der Waals surface area contributed by atoms with Gasteiger partial charge in [0, 0.05) is 25.1 Å². The van der Waals surface area contributed by atoms with Crippen molar-refractivity contribution in [1.82, 2.24) is 14.9 Å². The van der Waals surface area contributed by atoms with Crippen molar-refractivity contribution in [2.75, 3.05) is 6.54 Å². The number of allylic oxidation sites excluding steroid dienone is 1. The Morgan fingerprint density at radius 1 is 1.14 bits per heavy atom. The summed E-state index contributed by atoms with van der Waals surface area (Å²) in [5.41, 5.74) is 5.18. The molecule has 0 saturated carbocycles. The molecule has 0 radical (unpaired) electrons. The average molecular weight is 376 g/mol. The number of fused-ring (bicyclic) bond motifs is 1. The summed E-state index contributed by atoms with van der Waals surface area (Å²) in [6, 6.07) is 14.2. The molecule has 0 saturated heterocycles. The number of hydrogen-bond donors (Lipinski definition) is 1. The molecule has 3 aromatic rings. The normalized spacial score (nSPS) is 10.9. The molecule has 1 N–H and O–H groups in total. The van der Waals surface area contributed by atoms with Gasteiger partial charge in [0.2, 0.25) is 0 Å². The van der Waals surface area contributed by atoms with E-state index < -0.39 is 0 Å². The number of aromatic nitrogens is 2. The molecule has 1 amide bonds. The lowest BCUT2D eigenvalue weighted by molar-refractivity contribution is 0.0952. The molecule has 3 rings (SSSR count). The first-order valence-electron chi connectivity index (χ1n) is 10.0. The van der Waals surface area contributed by atoms with Gasteiger partial charge in [-0.15, -0.1) is 6.58 Å². The molecule has 0 spiro atoms. The highest BCUT2D eigenvalue weighted by molar-refractivity contribution is 5.95. The first-order chi connectivity index (χ1) is 13.6. The fraction of sp³-hybridized carbons (Fsp3) is 0.333. The molecule has 4 heteroatoms. The van der Waals surface area contributed by atoms with Crippen molar-refractivity contribution in [3.63, 3.8) is 0 Å². The van der Waals surface area contributed by atoms with Gasteiger partial charge in [0.25, 0.3) is 5.91 Å². The number of carbonyl (C=O) groups is 1. The van der Waals surface area contributed by atoms with Crippen LogP contribution in [0, 0.1) is 13.8 Å². The van der Waals surface area contributed by atoms with Crippen LogP contribution in [0.3, 0.4) is 0 Å². The minimum Gasteiger partial charge on any atom is -0.352 e. The quantitative estimate of drug-likeness (QED) is 0.423. The molecule has 0 bridgehead atoms. The minimum atomic E-state index is 0.0188. The summed E-state index contributed by atoms with van der Waals surface area (Å²) < 4.78 is 2.24. The smallest absolute Gasteiger partial charge is 0.251 e. The second-order valence-corrected chi connectivity index (χ2v) is 7.30. The SMILES string of the molecule is C=CCn1c(CCCCCNC(=O)c2ccc(C)cc2C)nc2ccccc21. The van der Waals surface area contributed by atoms with Crippen LogP contribution in [0.15, 0.2) is 55.1 Å². The van der Waals surface area contributed by atoms with E-state index in [1.165, 1.54) is 5.56 Å². The highest BCUT2D eigenvalue weighted by Crippen LogP contribution is 2.18. The van der Waals surface area contributed by atoms with Crippen molar-refractivity contribution in [2.24, 2.45) is 0 Å². The zero-order chi connectivity index (χ0) is 19.9. The fourth-order valence-corrected chi connectivity index (χ4v) is 3.60. The Labute approximate surface area is 167 Å². The van der Waals surface area contributed by atoms with Crippen LogP contribution in [0.4, 0.5) is 0 Å². The zero-order valence-corrected chi connectivity index (χ0v) is 16.9. The van der Waals surface area contributed by atoms with Crippen molar-refractivity contribution in [1.29, 1.82) is 0 Å². The standard InChI is InChI=1S/C24H29N3O/c1-4-16-27-22-11-8-7-10-21(22)26-23(27)12-6-5-9-15-25-24(28)20-14-13-18(2)17-19(20)3/h4,7-8,10-11,13-14,17H,1,5-6,9,12,15-16H2,2-3H3,(H,25,28). The van der Waals surface area contributed by atoms with Crippen LogP contribution in [-0.4, -0.2) is 22.0 Å². The van der Waals surface area contributed by atoms with Gasteiger partial charge in [-0.1, -0.05) is 42.3 Å². The molecule has 0 aliphatic rings. The molecular formula is C24H29N3O. The van der Waals surface area contributed by atoms with Crippen molar-refractivity contribution in [3.05, 3.63) is 77.6 Å². The number of carbonyl (C=O) groups excluding carboxylic acids is 1. The summed E-state index contributed by atoms with van der Waals surface area (Å²) >= 11 is 0. The summed E-state index contributed by atoms with van der Waals surface area (Å²) in [5.74, 6) is 1.13. The van der Waals surface area contributed by atoms with Crippen molar-refractivity contribution >= 4 is 16.9 Å². The van der Waals surface area contributed by atoms with Crippen LogP contribution >= 0.6 is 0 Å². The Hall–Kier alpha value is -2.88. The topological polar surface area (TPSA) is 46.9 Å². The van der Waals surface area contributed by atoms with Gasteiger partial charge in [0.1, 0.15) is 5.82 Å². The highest BCUT2D eigenvalue weighted by atomic mass is 16.1. The summed E-state index contributed by atoms with van der Waals surface area (Å²) in [7, 11) is 0. The number of amides is 1. The van der Waals surface area contributed by atoms with Gasteiger partial charge in [-0.3, -0.25) is 4.79 Å². The largest absolute Gasteiger partial charge is 0.352 e. The van der Waals surface area contributed by atoms with Crippen LogP contribution in [0.5, 0.6) is 0 Å². The Balaban J connectivity index is 1.46. The third-order valence-corrected chi connectivity index (χ3v) is 5.03. The van der Waals surface area contributed by atoms with E-state index in [-0.39, 0.29) is 5.91 Å².